The van der Waals surface area contributed by atoms with Crippen molar-refractivity contribution in [1.82, 2.24) is 4.90 Å². The van der Waals surface area contributed by atoms with E-state index in [1.165, 1.54) is 0 Å². The zero-order valence-electron chi connectivity index (χ0n) is 5.36. The van der Waals surface area contributed by atoms with Crippen LogP contribution in [0.25, 0.3) is 0 Å². The molecular weight excluding hydrogens is 130 g/mol. The van der Waals surface area contributed by atoms with Crippen molar-refractivity contribution in [2.45, 2.75) is 12.5 Å². The Balaban J connectivity index is 2.17. The molecule has 0 aliphatic carbocycles. The van der Waals surface area contributed by atoms with E-state index in [0.717, 1.165) is 6.29 Å². The minimum atomic E-state index is -0.0438. The number of carbonyl (C=O) groups excluding carboxylic acids is 2. The third kappa shape index (κ3) is 0.497. The fourth-order valence-electron chi connectivity index (χ4n) is 1.43. The van der Waals surface area contributed by atoms with Crippen LogP contribution in [0.1, 0.15) is 6.42 Å². The Morgan fingerprint density at radius 3 is 3.00 bits per heavy atom. The Morgan fingerprint density at radius 2 is 2.50 bits per heavy atom. The lowest BCUT2D eigenvalue weighted by atomic mass is 9.94. The summed E-state index contributed by atoms with van der Waals surface area (Å²) in [6.07, 6.45) is 4.92. The highest BCUT2D eigenvalue weighted by molar-refractivity contribution is 5.87. The maximum absolute atomic E-state index is 10.7. The van der Waals surface area contributed by atoms with E-state index in [1.54, 1.807) is 17.2 Å². The van der Waals surface area contributed by atoms with Gasteiger partial charge in [-0.2, -0.15) is 0 Å². The monoisotopic (exact) mass is 137 g/mol. The summed E-state index contributed by atoms with van der Waals surface area (Å²) in [5.41, 5.74) is 0. The maximum atomic E-state index is 10.7. The second-order valence-electron chi connectivity index (χ2n) is 2.63. The molecule has 0 aromatic heterocycles. The predicted octanol–water partition coefficient (Wildman–Crippen LogP) is -0.0703. The van der Waals surface area contributed by atoms with E-state index in [-0.39, 0.29) is 17.9 Å². The number of hydrogen-bond acceptors (Lipinski definition) is 2. The van der Waals surface area contributed by atoms with Gasteiger partial charge in [0.25, 0.3) is 0 Å². The summed E-state index contributed by atoms with van der Waals surface area (Å²) >= 11 is 0. The van der Waals surface area contributed by atoms with Crippen molar-refractivity contribution < 1.29 is 9.59 Å². The van der Waals surface area contributed by atoms with Crippen molar-refractivity contribution in [3.8, 4) is 0 Å². The van der Waals surface area contributed by atoms with Gasteiger partial charge in [0.15, 0.2) is 0 Å². The predicted molar refractivity (Wildman–Crippen MR) is 33.9 cm³/mol. The van der Waals surface area contributed by atoms with Crippen LogP contribution < -0.4 is 0 Å². The standard InChI is InChI=1S/C7H7NO2/c9-4-5-1-2-8-6(5)3-7(8)10/h1-2,4-6H,3H2. The molecule has 2 heterocycles. The molecule has 3 nitrogen and oxygen atoms in total. The van der Waals surface area contributed by atoms with Crippen LogP contribution in [0, 0.1) is 5.92 Å². The summed E-state index contributed by atoms with van der Waals surface area (Å²) in [6, 6.07) is 0.157. The molecule has 0 aromatic rings. The summed E-state index contributed by atoms with van der Waals surface area (Å²) in [6.45, 7) is 0. The van der Waals surface area contributed by atoms with E-state index in [0.29, 0.717) is 6.42 Å². The lowest BCUT2D eigenvalue weighted by Crippen LogP contribution is -2.49. The fraction of sp³-hybridized carbons (Fsp3) is 0.429. The number of amides is 1. The first-order valence-corrected chi connectivity index (χ1v) is 3.27. The minimum absolute atomic E-state index is 0.0438. The highest BCUT2D eigenvalue weighted by Crippen LogP contribution is 2.31. The fourth-order valence-corrected chi connectivity index (χ4v) is 1.43. The molecule has 0 spiro atoms. The van der Waals surface area contributed by atoms with Gasteiger partial charge in [0.05, 0.1) is 12.0 Å². The van der Waals surface area contributed by atoms with Crippen molar-refractivity contribution in [1.29, 1.82) is 0 Å². The number of carbonyl (C=O) groups is 2. The molecule has 0 radical (unpaired) electrons. The van der Waals surface area contributed by atoms with Gasteiger partial charge in [-0.1, -0.05) is 6.08 Å². The third-order valence-electron chi connectivity index (χ3n) is 2.10. The Hall–Kier alpha value is -1.12. The van der Waals surface area contributed by atoms with Crippen LogP contribution in [-0.2, 0) is 9.59 Å². The molecule has 1 saturated heterocycles. The molecule has 0 saturated carbocycles. The number of rotatable bonds is 1. The molecular formula is C7H7NO2. The summed E-state index contributed by atoms with van der Waals surface area (Å²) in [4.78, 5) is 22.7. The molecule has 52 valence electrons. The lowest BCUT2D eigenvalue weighted by Gasteiger charge is -2.35. The normalized spacial score (nSPS) is 35.6. The molecule has 0 bridgehead atoms. The van der Waals surface area contributed by atoms with Gasteiger partial charge in [0, 0.05) is 12.6 Å². The van der Waals surface area contributed by atoms with Crippen LogP contribution in [0.2, 0.25) is 0 Å². The van der Waals surface area contributed by atoms with Gasteiger partial charge in [-0.25, -0.2) is 0 Å². The molecule has 0 aromatic carbocycles. The van der Waals surface area contributed by atoms with E-state index in [1.807, 2.05) is 0 Å². The van der Waals surface area contributed by atoms with E-state index in [2.05, 4.69) is 0 Å². The molecule has 10 heavy (non-hydrogen) atoms. The minimum Gasteiger partial charge on any atom is -0.315 e. The molecule has 0 N–H and O–H groups in total. The summed E-state index contributed by atoms with van der Waals surface area (Å²) in [5.74, 6) is 0.0864. The molecule has 2 atom stereocenters. The van der Waals surface area contributed by atoms with Gasteiger partial charge in [0.1, 0.15) is 6.29 Å². The van der Waals surface area contributed by atoms with E-state index in [9.17, 15) is 9.59 Å². The second-order valence-corrected chi connectivity index (χ2v) is 2.63. The van der Waals surface area contributed by atoms with Crippen LogP contribution in [-0.4, -0.2) is 23.1 Å². The molecule has 3 heteroatoms. The number of aldehydes is 1. The van der Waals surface area contributed by atoms with Gasteiger partial charge >= 0.3 is 0 Å². The molecule has 2 aliphatic heterocycles. The zero-order valence-corrected chi connectivity index (χ0v) is 5.36. The second kappa shape index (κ2) is 1.68. The van der Waals surface area contributed by atoms with E-state index >= 15 is 0 Å². The Morgan fingerprint density at radius 1 is 1.70 bits per heavy atom. The summed E-state index contributed by atoms with van der Waals surface area (Å²) in [7, 11) is 0. The topological polar surface area (TPSA) is 37.4 Å². The highest BCUT2D eigenvalue weighted by atomic mass is 16.2. The van der Waals surface area contributed by atoms with E-state index < -0.39 is 0 Å². The summed E-state index contributed by atoms with van der Waals surface area (Å²) in [5, 5.41) is 0. The largest absolute Gasteiger partial charge is 0.315 e. The molecule has 1 amide bonds. The molecule has 1 fully saturated rings. The third-order valence-corrected chi connectivity index (χ3v) is 2.10. The van der Waals surface area contributed by atoms with Crippen molar-refractivity contribution in [3.05, 3.63) is 12.3 Å². The quantitative estimate of drug-likeness (QED) is 0.374. The number of nitrogens with zero attached hydrogens (tertiary/aromatic N) is 1. The first-order valence-electron chi connectivity index (χ1n) is 3.27. The average molecular weight is 137 g/mol. The number of β-lactam (4-membered cyclic amide) rings is 1. The molecule has 2 rings (SSSR count). The molecule has 2 aliphatic rings. The molecule has 2 unspecified atom stereocenters. The van der Waals surface area contributed by atoms with Gasteiger partial charge in [0.2, 0.25) is 5.91 Å². The number of fused-ring (bicyclic) bond motifs is 1. The highest BCUT2D eigenvalue weighted by Gasteiger charge is 2.42. The maximum Gasteiger partial charge on any atom is 0.228 e. The van der Waals surface area contributed by atoms with Gasteiger partial charge in [-0.05, 0) is 0 Å². The Kier molecular flexibility index (Phi) is 0.952. The van der Waals surface area contributed by atoms with Crippen LogP contribution in [0.15, 0.2) is 12.3 Å². The number of hydrogen-bond donors (Lipinski definition) is 0. The van der Waals surface area contributed by atoms with Gasteiger partial charge in [-0.15, -0.1) is 0 Å². The van der Waals surface area contributed by atoms with Crippen molar-refractivity contribution >= 4 is 12.2 Å². The lowest BCUT2D eigenvalue weighted by molar-refractivity contribution is -0.142. The van der Waals surface area contributed by atoms with Crippen LogP contribution >= 0.6 is 0 Å². The van der Waals surface area contributed by atoms with Gasteiger partial charge in [-0.3, -0.25) is 4.79 Å². The van der Waals surface area contributed by atoms with Crippen molar-refractivity contribution in [2.75, 3.05) is 0 Å². The zero-order chi connectivity index (χ0) is 7.14. The van der Waals surface area contributed by atoms with E-state index in [4.69, 9.17) is 0 Å². The SMILES string of the molecule is O=CC1C=CN2C(=O)CC12. The average Bonchev–Trinajstić information content (AvgIpc) is 2.25. The Bertz CT molecular complexity index is 214. The van der Waals surface area contributed by atoms with Gasteiger partial charge < -0.3 is 9.69 Å². The Labute approximate surface area is 58.3 Å². The first-order chi connectivity index (χ1) is 4.83. The van der Waals surface area contributed by atoms with Crippen molar-refractivity contribution in [3.63, 3.8) is 0 Å². The van der Waals surface area contributed by atoms with Crippen LogP contribution in [0.4, 0.5) is 0 Å². The first kappa shape index (κ1) is 5.65. The van der Waals surface area contributed by atoms with Crippen molar-refractivity contribution in [2.24, 2.45) is 5.92 Å². The van der Waals surface area contributed by atoms with Crippen LogP contribution in [0.5, 0.6) is 0 Å². The summed E-state index contributed by atoms with van der Waals surface area (Å²) < 4.78 is 0. The van der Waals surface area contributed by atoms with Crippen LogP contribution in [0.3, 0.4) is 0 Å². The smallest absolute Gasteiger partial charge is 0.228 e.